The molecule has 2 N–H and O–H groups in total. The van der Waals surface area contributed by atoms with Gasteiger partial charge < -0.3 is 15.2 Å². The molecular formula is C11H22N2O3. The summed E-state index contributed by atoms with van der Waals surface area (Å²) in [5, 5.41) is 12.4. The number of ether oxygens (including phenoxy) is 1. The Hall–Kier alpha value is -0.810. The van der Waals surface area contributed by atoms with E-state index in [0.29, 0.717) is 6.54 Å². The van der Waals surface area contributed by atoms with Crippen LogP contribution in [0.4, 0.5) is 4.79 Å². The van der Waals surface area contributed by atoms with Gasteiger partial charge in [-0.15, -0.1) is 0 Å². The highest BCUT2D eigenvalue weighted by atomic mass is 16.6. The fraction of sp³-hybridized carbons (Fsp3) is 0.909. The first-order chi connectivity index (χ1) is 7.35. The van der Waals surface area contributed by atoms with Gasteiger partial charge in [0, 0.05) is 19.1 Å². The molecule has 0 aromatic carbocycles. The minimum atomic E-state index is -0.498. The van der Waals surface area contributed by atoms with Crippen LogP contribution in [0.2, 0.25) is 0 Å². The fourth-order valence-electron chi connectivity index (χ4n) is 1.81. The maximum Gasteiger partial charge on any atom is 0.410 e. The molecule has 94 valence electrons. The summed E-state index contributed by atoms with van der Waals surface area (Å²) in [6.07, 6.45) is -0.347. The average Bonchev–Trinajstić information content (AvgIpc) is 2.14. The first-order valence-electron chi connectivity index (χ1n) is 5.68. The van der Waals surface area contributed by atoms with Crippen molar-refractivity contribution in [1.82, 2.24) is 10.2 Å². The maximum atomic E-state index is 12.0. The lowest BCUT2D eigenvalue weighted by molar-refractivity contribution is -0.00809. The van der Waals surface area contributed by atoms with Crippen LogP contribution in [-0.2, 0) is 4.74 Å². The van der Waals surface area contributed by atoms with Gasteiger partial charge >= 0.3 is 6.09 Å². The molecule has 1 saturated heterocycles. The normalized spacial score (nSPS) is 26.7. The van der Waals surface area contributed by atoms with Gasteiger partial charge in [-0.3, -0.25) is 4.90 Å². The van der Waals surface area contributed by atoms with Crippen LogP contribution in [0.5, 0.6) is 0 Å². The molecule has 1 fully saturated rings. The zero-order chi connectivity index (χ0) is 12.3. The van der Waals surface area contributed by atoms with E-state index < -0.39 is 5.60 Å². The van der Waals surface area contributed by atoms with Gasteiger partial charge in [0.15, 0.2) is 0 Å². The van der Waals surface area contributed by atoms with E-state index in [9.17, 15) is 9.90 Å². The predicted octanol–water partition coefficient (Wildman–Crippen LogP) is 0.576. The molecule has 1 aliphatic rings. The minimum absolute atomic E-state index is 0.0424. The second-order valence-electron chi connectivity index (χ2n) is 5.23. The molecule has 5 heteroatoms. The van der Waals surface area contributed by atoms with Gasteiger partial charge in [-0.1, -0.05) is 0 Å². The Morgan fingerprint density at radius 2 is 2.12 bits per heavy atom. The second-order valence-corrected chi connectivity index (χ2v) is 5.23. The third-order valence-electron chi connectivity index (χ3n) is 2.50. The number of aliphatic hydroxyl groups is 1. The van der Waals surface area contributed by atoms with Crippen LogP contribution < -0.4 is 5.32 Å². The molecule has 0 bridgehead atoms. The summed E-state index contributed by atoms with van der Waals surface area (Å²) in [6.45, 7) is 8.76. The SMILES string of the molecule is C[C@H]1CNC[C@H](CO)N1C(=O)OC(C)(C)C. The number of piperazine rings is 1. The average molecular weight is 230 g/mol. The lowest BCUT2D eigenvalue weighted by Crippen LogP contribution is -2.60. The number of amides is 1. The molecular weight excluding hydrogens is 208 g/mol. The number of carbonyl (C=O) groups is 1. The summed E-state index contributed by atoms with van der Waals surface area (Å²) in [5.41, 5.74) is -0.498. The van der Waals surface area contributed by atoms with Gasteiger partial charge in [-0.05, 0) is 27.7 Å². The van der Waals surface area contributed by atoms with E-state index in [-0.39, 0.29) is 24.8 Å². The highest BCUT2D eigenvalue weighted by molar-refractivity contribution is 5.69. The standard InChI is InChI=1S/C11H22N2O3/c1-8-5-12-6-9(7-14)13(8)10(15)16-11(2,3)4/h8-9,12,14H,5-7H2,1-4H3/t8-,9+/m0/s1. The molecule has 1 rings (SSSR count). The number of hydrogen-bond donors (Lipinski definition) is 2. The number of hydrogen-bond acceptors (Lipinski definition) is 4. The zero-order valence-electron chi connectivity index (χ0n) is 10.5. The van der Waals surface area contributed by atoms with E-state index >= 15 is 0 Å². The Kier molecular flexibility index (Phi) is 4.15. The van der Waals surface area contributed by atoms with Crippen molar-refractivity contribution in [2.45, 2.75) is 45.4 Å². The topological polar surface area (TPSA) is 61.8 Å². The lowest BCUT2D eigenvalue weighted by atomic mass is 10.1. The molecule has 0 unspecified atom stereocenters. The van der Waals surface area contributed by atoms with Gasteiger partial charge in [0.2, 0.25) is 0 Å². The summed E-state index contributed by atoms with van der Waals surface area (Å²) in [7, 11) is 0. The second kappa shape index (κ2) is 5.01. The predicted molar refractivity (Wildman–Crippen MR) is 61.3 cm³/mol. The Balaban J connectivity index is 2.70. The van der Waals surface area contributed by atoms with Crippen LogP contribution in [0, 0.1) is 0 Å². The first kappa shape index (κ1) is 13.3. The van der Waals surface area contributed by atoms with Crippen LogP contribution in [-0.4, -0.2) is 53.5 Å². The molecule has 0 spiro atoms. The van der Waals surface area contributed by atoms with E-state index in [1.165, 1.54) is 0 Å². The van der Waals surface area contributed by atoms with Crippen molar-refractivity contribution in [3.63, 3.8) is 0 Å². The summed E-state index contributed by atoms with van der Waals surface area (Å²) < 4.78 is 5.33. The third-order valence-corrected chi connectivity index (χ3v) is 2.50. The van der Waals surface area contributed by atoms with Crippen LogP contribution in [0.15, 0.2) is 0 Å². The monoisotopic (exact) mass is 230 g/mol. The molecule has 5 nitrogen and oxygen atoms in total. The largest absolute Gasteiger partial charge is 0.444 e. The van der Waals surface area contributed by atoms with Crippen LogP contribution in [0.3, 0.4) is 0 Å². The molecule has 1 heterocycles. The number of nitrogens with one attached hydrogen (secondary N) is 1. The summed E-state index contributed by atoms with van der Waals surface area (Å²) >= 11 is 0. The van der Waals surface area contributed by atoms with Crippen molar-refractivity contribution in [2.75, 3.05) is 19.7 Å². The smallest absolute Gasteiger partial charge is 0.410 e. The first-order valence-corrected chi connectivity index (χ1v) is 5.68. The molecule has 0 aromatic heterocycles. The summed E-state index contributed by atoms with van der Waals surface area (Å²) in [4.78, 5) is 13.6. The van der Waals surface area contributed by atoms with Crippen molar-refractivity contribution in [3.05, 3.63) is 0 Å². The van der Waals surface area contributed by atoms with Crippen molar-refractivity contribution in [3.8, 4) is 0 Å². The summed E-state index contributed by atoms with van der Waals surface area (Å²) in [5.74, 6) is 0. The van der Waals surface area contributed by atoms with E-state index in [4.69, 9.17) is 4.74 Å². The van der Waals surface area contributed by atoms with Crippen molar-refractivity contribution in [1.29, 1.82) is 0 Å². The Morgan fingerprint density at radius 3 is 2.62 bits per heavy atom. The quantitative estimate of drug-likeness (QED) is 0.691. The van der Waals surface area contributed by atoms with Gasteiger partial charge in [0.25, 0.3) is 0 Å². The molecule has 0 aromatic rings. The molecule has 1 amide bonds. The fourth-order valence-corrected chi connectivity index (χ4v) is 1.81. The van der Waals surface area contributed by atoms with Crippen LogP contribution in [0.25, 0.3) is 0 Å². The van der Waals surface area contributed by atoms with Gasteiger partial charge in [0.1, 0.15) is 5.60 Å². The number of rotatable bonds is 1. The van der Waals surface area contributed by atoms with Crippen molar-refractivity contribution >= 4 is 6.09 Å². The molecule has 16 heavy (non-hydrogen) atoms. The van der Waals surface area contributed by atoms with Crippen LogP contribution >= 0.6 is 0 Å². The molecule has 0 aliphatic carbocycles. The van der Waals surface area contributed by atoms with Gasteiger partial charge in [0.05, 0.1) is 12.6 Å². The van der Waals surface area contributed by atoms with E-state index in [1.54, 1.807) is 4.90 Å². The number of aliphatic hydroxyl groups excluding tert-OH is 1. The third kappa shape index (κ3) is 3.35. The summed E-state index contributed by atoms with van der Waals surface area (Å²) in [6, 6.07) is -0.153. The molecule has 0 radical (unpaired) electrons. The van der Waals surface area contributed by atoms with E-state index in [0.717, 1.165) is 6.54 Å². The highest BCUT2D eigenvalue weighted by Gasteiger charge is 2.34. The maximum absolute atomic E-state index is 12.0. The molecule has 1 aliphatic heterocycles. The van der Waals surface area contributed by atoms with Crippen molar-refractivity contribution < 1.29 is 14.6 Å². The lowest BCUT2D eigenvalue weighted by Gasteiger charge is -2.40. The van der Waals surface area contributed by atoms with E-state index in [2.05, 4.69) is 5.32 Å². The van der Waals surface area contributed by atoms with Crippen molar-refractivity contribution in [2.24, 2.45) is 0 Å². The van der Waals surface area contributed by atoms with Crippen LogP contribution in [0.1, 0.15) is 27.7 Å². The zero-order valence-corrected chi connectivity index (χ0v) is 10.5. The molecule has 0 saturated carbocycles. The Labute approximate surface area is 96.8 Å². The van der Waals surface area contributed by atoms with Gasteiger partial charge in [-0.2, -0.15) is 0 Å². The number of carbonyl (C=O) groups excluding carboxylic acids is 1. The Morgan fingerprint density at radius 1 is 1.50 bits per heavy atom. The Bertz CT molecular complexity index is 250. The molecule has 2 atom stereocenters. The minimum Gasteiger partial charge on any atom is -0.444 e. The highest BCUT2D eigenvalue weighted by Crippen LogP contribution is 2.16. The number of nitrogens with zero attached hydrogens (tertiary/aromatic N) is 1. The van der Waals surface area contributed by atoms with Gasteiger partial charge in [-0.25, -0.2) is 4.79 Å². The van der Waals surface area contributed by atoms with E-state index in [1.807, 2.05) is 27.7 Å².